The van der Waals surface area contributed by atoms with E-state index < -0.39 is 0 Å². The number of carbonyl (C=O) groups excluding carboxylic acids is 1. The highest BCUT2D eigenvalue weighted by molar-refractivity contribution is 5.82. The Kier molecular flexibility index (Phi) is 3.66. The van der Waals surface area contributed by atoms with Crippen molar-refractivity contribution in [3.05, 3.63) is 35.9 Å². The molecule has 1 fully saturated rings. The van der Waals surface area contributed by atoms with Crippen LogP contribution in [0.15, 0.2) is 30.3 Å². The lowest BCUT2D eigenvalue weighted by molar-refractivity contribution is -0.130. The van der Waals surface area contributed by atoms with Crippen molar-refractivity contribution in [1.29, 1.82) is 0 Å². The van der Waals surface area contributed by atoms with Crippen molar-refractivity contribution in [2.24, 2.45) is 11.3 Å². The first-order valence-corrected chi connectivity index (χ1v) is 6.72. The van der Waals surface area contributed by atoms with Gasteiger partial charge in [-0.3, -0.25) is 4.79 Å². The minimum absolute atomic E-state index is 0.213. The average molecular weight is 230 g/mol. The Morgan fingerprint density at radius 2 is 2.00 bits per heavy atom. The molecule has 0 N–H and O–H groups in total. The Morgan fingerprint density at radius 1 is 1.29 bits per heavy atom. The van der Waals surface area contributed by atoms with E-state index in [4.69, 9.17) is 0 Å². The molecule has 1 saturated carbocycles. The van der Waals surface area contributed by atoms with Crippen LogP contribution in [-0.2, 0) is 11.2 Å². The zero-order chi connectivity index (χ0) is 12.3. The molecule has 0 saturated heterocycles. The number of hydrogen-bond acceptors (Lipinski definition) is 1. The molecule has 0 spiro atoms. The van der Waals surface area contributed by atoms with Crippen LogP contribution in [0.3, 0.4) is 0 Å². The number of rotatable bonds is 3. The lowest BCUT2D eigenvalue weighted by Gasteiger charge is -2.40. The molecule has 0 bridgehead atoms. The van der Waals surface area contributed by atoms with Crippen LogP contribution in [0, 0.1) is 11.3 Å². The number of Topliss-reactive ketones (excluding diaryl/α,β-unsaturated/α-hetero) is 1. The standard InChI is InChI=1S/C16H22O/c1-3-16(2)11-7-10-15(17)14(16)12-13-8-5-4-6-9-13/h4-6,8-9,14H,3,7,10-12H2,1-2H3/t14?,16-/m1/s1. The topological polar surface area (TPSA) is 17.1 Å². The van der Waals surface area contributed by atoms with E-state index in [2.05, 4.69) is 38.1 Å². The first-order valence-electron chi connectivity index (χ1n) is 6.72. The molecule has 1 unspecified atom stereocenters. The highest BCUT2D eigenvalue weighted by atomic mass is 16.1. The van der Waals surface area contributed by atoms with Crippen LogP contribution in [0.4, 0.5) is 0 Å². The van der Waals surface area contributed by atoms with E-state index in [1.807, 2.05) is 6.07 Å². The maximum Gasteiger partial charge on any atom is 0.136 e. The Bertz CT molecular complexity index is 382. The van der Waals surface area contributed by atoms with E-state index in [1.165, 1.54) is 12.0 Å². The fourth-order valence-corrected chi connectivity index (χ4v) is 3.04. The SMILES string of the molecule is CC[C@]1(C)CCCC(=O)C1Cc1ccccc1. The molecule has 0 aromatic heterocycles. The van der Waals surface area contributed by atoms with Gasteiger partial charge in [-0.1, -0.05) is 50.6 Å². The van der Waals surface area contributed by atoms with Crippen molar-refractivity contribution in [2.45, 2.75) is 46.0 Å². The number of benzene rings is 1. The van der Waals surface area contributed by atoms with Crippen molar-refractivity contribution >= 4 is 5.78 Å². The number of ketones is 1. The maximum atomic E-state index is 12.2. The molecule has 92 valence electrons. The van der Waals surface area contributed by atoms with Gasteiger partial charge in [-0.2, -0.15) is 0 Å². The van der Waals surface area contributed by atoms with E-state index in [-0.39, 0.29) is 11.3 Å². The first kappa shape index (κ1) is 12.3. The third kappa shape index (κ3) is 2.59. The normalized spacial score (nSPS) is 29.3. The van der Waals surface area contributed by atoms with E-state index in [0.29, 0.717) is 5.78 Å². The third-order valence-corrected chi connectivity index (χ3v) is 4.49. The summed E-state index contributed by atoms with van der Waals surface area (Å²) in [7, 11) is 0. The predicted octanol–water partition coefficient (Wildman–Crippen LogP) is 4.01. The van der Waals surface area contributed by atoms with Crippen LogP contribution >= 0.6 is 0 Å². The molecule has 0 amide bonds. The number of hydrogen-bond donors (Lipinski definition) is 0. The minimum Gasteiger partial charge on any atom is -0.299 e. The molecule has 1 aromatic rings. The van der Waals surface area contributed by atoms with Crippen molar-refractivity contribution in [1.82, 2.24) is 0 Å². The highest BCUT2D eigenvalue weighted by Gasteiger charge is 2.39. The molecule has 1 aromatic carbocycles. The second kappa shape index (κ2) is 5.03. The largest absolute Gasteiger partial charge is 0.299 e. The zero-order valence-corrected chi connectivity index (χ0v) is 10.9. The molecule has 1 heteroatoms. The molecule has 1 nitrogen and oxygen atoms in total. The summed E-state index contributed by atoms with van der Waals surface area (Å²) in [6.45, 7) is 4.51. The Morgan fingerprint density at radius 3 is 2.65 bits per heavy atom. The van der Waals surface area contributed by atoms with Crippen molar-refractivity contribution in [2.75, 3.05) is 0 Å². The summed E-state index contributed by atoms with van der Waals surface area (Å²) in [6, 6.07) is 10.4. The first-order chi connectivity index (χ1) is 8.15. The maximum absolute atomic E-state index is 12.2. The van der Waals surface area contributed by atoms with E-state index >= 15 is 0 Å². The smallest absolute Gasteiger partial charge is 0.136 e. The van der Waals surface area contributed by atoms with Gasteiger partial charge in [0.2, 0.25) is 0 Å². The van der Waals surface area contributed by atoms with Gasteiger partial charge in [-0.05, 0) is 30.2 Å². The van der Waals surface area contributed by atoms with E-state index in [0.717, 1.165) is 25.7 Å². The summed E-state index contributed by atoms with van der Waals surface area (Å²) >= 11 is 0. The lowest BCUT2D eigenvalue weighted by atomic mass is 9.63. The molecule has 0 radical (unpaired) electrons. The Hall–Kier alpha value is -1.11. The van der Waals surface area contributed by atoms with Crippen molar-refractivity contribution in [3.63, 3.8) is 0 Å². The van der Waals surface area contributed by atoms with Gasteiger partial charge in [0.25, 0.3) is 0 Å². The Labute approximate surface area is 104 Å². The summed E-state index contributed by atoms with van der Waals surface area (Å²) in [5, 5.41) is 0. The van der Waals surface area contributed by atoms with Gasteiger partial charge in [-0.15, -0.1) is 0 Å². The average Bonchev–Trinajstić information content (AvgIpc) is 2.35. The number of carbonyl (C=O) groups is 1. The molecule has 2 rings (SSSR count). The van der Waals surface area contributed by atoms with Crippen LogP contribution in [0.2, 0.25) is 0 Å². The summed E-state index contributed by atoms with van der Waals surface area (Å²) in [5.74, 6) is 0.702. The molecule has 1 aliphatic rings. The quantitative estimate of drug-likeness (QED) is 0.766. The van der Waals surface area contributed by atoms with Gasteiger partial charge < -0.3 is 0 Å². The minimum atomic E-state index is 0.213. The molecular weight excluding hydrogens is 208 g/mol. The Balaban J connectivity index is 2.18. The van der Waals surface area contributed by atoms with Gasteiger partial charge in [0.05, 0.1) is 0 Å². The van der Waals surface area contributed by atoms with Gasteiger partial charge in [0.15, 0.2) is 0 Å². The van der Waals surface area contributed by atoms with Crippen LogP contribution in [0.5, 0.6) is 0 Å². The monoisotopic (exact) mass is 230 g/mol. The van der Waals surface area contributed by atoms with Crippen molar-refractivity contribution < 1.29 is 4.79 Å². The summed E-state index contributed by atoms with van der Waals surface area (Å²) in [4.78, 5) is 12.2. The predicted molar refractivity (Wildman–Crippen MR) is 70.9 cm³/mol. The molecular formula is C16H22O. The van der Waals surface area contributed by atoms with E-state index in [1.54, 1.807) is 0 Å². The van der Waals surface area contributed by atoms with Gasteiger partial charge >= 0.3 is 0 Å². The summed E-state index contributed by atoms with van der Waals surface area (Å²) < 4.78 is 0. The van der Waals surface area contributed by atoms with Crippen LogP contribution in [-0.4, -0.2) is 5.78 Å². The second-order valence-electron chi connectivity index (χ2n) is 5.57. The highest BCUT2D eigenvalue weighted by Crippen LogP contribution is 2.43. The van der Waals surface area contributed by atoms with Gasteiger partial charge in [0.1, 0.15) is 5.78 Å². The van der Waals surface area contributed by atoms with Crippen molar-refractivity contribution in [3.8, 4) is 0 Å². The molecule has 0 heterocycles. The van der Waals surface area contributed by atoms with Crippen LogP contribution < -0.4 is 0 Å². The third-order valence-electron chi connectivity index (χ3n) is 4.49. The van der Waals surface area contributed by atoms with Gasteiger partial charge in [-0.25, -0.2) is 0 Å². The van der Waals surface area contributed by atoms with Crippen LogP contribution in [0.25, 0.3) is 0 Å². The molecule has 1 aliphatic carbocycles. The summed E-state index contributed by atoms with van der Waals surface area (Å²) in [6.07, 6.45) is 5.09. The van der Waals surface area contributed by atoms with Gasteiger partial charge in [0, 0.05) is 12.3 Å². The molecule has 2 atom stereocenters. The van der Waals surface area contributed by atoms with Crippen LogP contribution in [0.1, 0.15) is 45.1 Å². The second-order valence-corrected chi connectivity index (χ2v) is 5.57. The summed E-state index contributed by atoms with van der Waals surface area (Å²) in [5.41, 5.74) is 1.51. The lowest BCUT2D eigenvalue weighted by Crippen LogP contribution is -2.38. The zero-order valence-electron chi connectivity index (χ0n) is 10.9. The fourth-order valence-electron chi connectivity index (χ4n) is 3.04. The fraction of sp³-hybridized carbons (Fsp3) is 0.562. The molecule has 17 heavy (non-hydrogen) atoms. The van der Waals surface area contributed by atoms with E-state index in [9.17, 15) is 4.79 Å². The molecule has 0 aliphatic heterocycles.